The average Bonchev–Trinajstić information content (AvgIpc) is 0.985. The number of nitrogens with one attached hydrogen (secondary N) is 14. The zero-order chi connectivity index (χ0) is 104. The molecule has 0 aromatic heterocycles. The minimum absolute atomic E-state index is 0.00161. The first-order chi connectivity index (χ1) is 60.7. The van der Waals surface area contributed by atoms with E-state index < -0.39 is 0 Å². The van der Waals surface area contributed by atoms with Crippen LogP contribution in [-0.2, 0) is 95.8 Å². The molecule has 130 heavy (non-hydrogen) atoms. The Morgan fingerprint density at radius 1 is 0.323 bits per heavy atom. The second-order valence-corrected chi connectivity index (χ2v) is 32.8. The van der Waals surface area contributed by atoms with Gasteiger partial charge in [-0.15, -0.1) is 6.58 Å². The number of Topliss-reactive ketones (excluding diaryl/α,β-unsaturated/α-hetero) is 9. The number of hydrogen-bond donors (Lipinski definition) is 17. The SMILES string of the molecule is C=CCNC(C)=O.C=CN(C)C(C)=O.C=COC(C)=O.CNC(CCCCNC(C)=O)C(C)=O.CNC(CCCCNC(C)=O)C(C)=O.CNC(CCCCNC(C)=O)C(C)=O.CNC(CS)C(C)=O.CNC(CS)C(C)=O.CNC(CS)C(C)=O.CNC(CSCCCNC(C)=O)C(C)=O.CNC(CSCCN(C)C(C)=O)C(C)=O.CNC(CSCCOC(C)=O)C(C)=O. The summed E-state index contributed by atoms with van der Waals surface area (Å²) in [6, 6.07) is -0.535. The first-order valence-electron chi connectivity index (χ1n) is 42.7. The van der Waals surface area contributed by atoms with Crippen LogP contribution in [0.3, 0.4) is 0 Å². The van der Waals surface area contributed by atoms with Crippen molar-refractivity contribution in [2.45, 2.75) is 243 Å². The Kier molecular flexibility index (Phi) is 125. The molecule has 0 aromatic rings. The first kappa shape index (κ1) is 149. The topological polar surface area (TPSA) is 501 Å². The van der Waals surface area contributed by atoms with E-state index in [1.165, 1.54) is 66.5 Å². The molecule has 0 heterocycles. The van der Waals surface area contributed by atoms with Crippen LogP contribution in [0.25, 0.3) is 0 Å². The van der Waals surface area contributed by atoms with Crippen LogP contribution < -0.4 is 74.4 Å². The summed E-state index contributed by atoms with van der Waals surface area (Å²) in [4.78, 5) is 194. The summed E-state index contributed by atoms with van der Waals surface area (Å²) in [6.07, 6.45) is 13.3. The molecule has 0 aliphatic rings. The molecule has 0 radical (unpaired) electrons. The Morgan fingerprint density at radius 3 is 0.738 bits per heavy atom. The van der Waals surface area contributed by atoms with Gasteiger partial charge in [-0.3, -0.25) is 86.3 Å². The molecule has 762 valence electrons. The van der Waals surface area contributed by atoms with E-state index >= 15 is 0 Å². The van der Waals surface area contributed by atoms with Crippen molar-refractivity contribution < 1.29 is 95.8 Å². The lowest BCUT2D eigenvalue weighted by atomic mass is 10.1. The Labute approximate surface area is 810 Å². The molecule has 0 aliphatic heterocycles. The number of carbonyl (C=O) groups is 18. The third-order valence-corrected chi connectivity index (χ3v) is 21.1. The largest absolute Gasteiger partial charge is 0.465 e. The maximum Gasteiger partial charge on any atom is 0.307 e. The van der Waals surface area contributed by atoms with Crippen molar-refractivity contribution in [3.8, 4) is 0 Å². The maximum atomic E-state index is 11.1. The van der Waals surface area contributed by atoms with Crippen molar-refractivity contribution in [1.82, 2.24) is 84.2 Å². The monoisotopic (exact) mass is 1970 g/mol. The van der Waals surface area contributed by atoms with Crippen LogP contribution >= 0.6 is 73.2 Å². The number of hydrogen-bond acceptors (Lipinski definition) is 35. The van der Waals surface area contributed by atoms with Gasteiger partial charge in [-0.2, -0.15) is 73.2 Å². The molecule has 0 rings (SSSR count). The molecule has 14 N–H and O–H groups in total. The second-order valence-electron chi connectivity index (χ2n) is 28.2. The van der Waals surface area contributed by atoms with Gasteiger partial charge < -0.3 is 93.7 Å². The van der Waals surface area contributed by atoms with Crippen LogP contribution in [0.5, 0.6) is 0 Å². The Bertz CT molecular complexity index is 2840. The molecule has 9 atom stereocenters. The number of unbranched alkanes of at least 4 members (excludes halogenated alkanes) is 3. The number of ketones is 9. The Morgan fingerprint density at radius 2 is 0.577 bits per heavy atom. The molecule has 0 saturated heterocycles. The van der Waals surface area contributed by atoms with Gasteiger partial charge >= 0.3 is 11.9 Å². The molecule has 7 amide bonds. The summed E-state index contributed by atoms with van der Waals surface area (Å²) >= 11 is 16.9. The first-order valence-corrected chi connectivity index (χ1v) is 48.1. The van der Waals surface area contributed by atoms with E-state index in [0.29, 0.717) is 62.3 Å². The van der Waals surface area contributed by atoms with Crippen molar-refractivity contribution in [2.24, 2.45) is 0 Å². The van der Waals surface area contributed by atoms with E-state index in [0.717, 1.165) is 106 Å². The third kappa shape index (κ3) is 125. The van der Waals surface area contributed by atoms with Crippen molar-refractivity contribution in [3.63, 3.8) is 0 Å². The van der Waals surface area contributed by atoms with Crippen molar-refractivity contribution in [2.75, 3.05) is 175 Å². The normalized spacial score (nSPS) is 11.7. The van der Waals surface area contributed by atoms with Crippen molar-refractivity contribution in [1.29, 1.82) is 0 Å². The summed E-state index contributed by atoms with van der Waals surface area (Å²) < 4.78 is 8.92. The average molecular weight is 1970 g/mol. The predicted octanol–water partition coefficient (Wildman–Crippen LogP) is 4.56. The number of rotatable bonds is 56. The lowest BCUT2D eigenvalue weighted by Crippen LogP contribution is -2.35. The number of likely N-dealkylation sites (N-methyl/N-ethyl adjacent to an activating group) is 9. The van der Waals surface area contributed by atoms with Crippen LogP contribution in [0.1, 0.15) is 189 Å². The molecular weight excluding hydrogens is 1790 g/mol. The smallest absolute Gasteiger partial charge is 0.307 e. The quantitative estimate of drug-likeness (QED) is 0.0130. The zero-order valence-electron chi connectivity index (χ0n) is 84.1. The Hall–Kier alpha value is -6.78. The molecule has 0 bridgehead atoms. The van der Waals surface area contributed by atoms with E-state index in [-0.39, 0.29) is 160 Å². The molecule has 9 unspecified atom stereocenters. The fourth-order valence-electron chi connectivity index (χ4n) is 8.45. The number of carbonyl (C=O) groups excluding carboxylic acids is 18. The summed E-state index contributed by atoms with van der Waals surface area (Å²) in [5, 5.41) is 39.7. The number of thiol groups is 3. The molecule has 0 spiro atoms. The van der Waals surface area contributed by atoms with Gasteiger partial charge in [0.2, 0.25) is 41.4 Å². The molecule has 42 heteroatoms. The van der Waals surface area contributed by atoms with Gasteiger partial charge in [-0.05, 0) is 202 Å². The highest BCUT2D eigenvalue weighted by Crippen LogP contribution is 2.08. The van der Waals surface area contributed by atoms with Gasteiger partial charge in [0.05, 0.1) is 60.6 Å². The van der Waals surface area contributed by atoms with E-state index in [1.807, 2.05) is 0 Å². The number of thioether (sulfide) groups is 3. The molecule has 0 saturated carbocycles. The number of amides is 7. The second kappa shape index (κ2) is 109. The van der Waals surface area contributed by atoms with E-state index in [4.69, 9.17) is 4.74 Å². The number of nitrogens with zero attached hydrogens (tertiary/aromatic N) is 2. The van der Waals surface area contributed by atoms with Crippen molar-refractivity contribution in [3.05, 3.63) is 38.3 Å². The van der Waals surface area contributed by atoms with E-state index in [2.05, 4.69) is 137 Å². The minimum atomic E-state index is -0.329. The highest BCUT2D eigenvalue weighted by molar-refractivity contribution is 7.99. The number of esters is 2. The van der Waals surface area contributed by atoms with Crippen LogP contribution in [0.15, 0.2) is 38.3 Å². The van der Waals surface area contributed by atoms with Gasteiger partial charge in [-0.25, -0.2) is 0 Å². The fourth-order valence-corrected chi connectivity index (χ4v) is 13.1. The van der Waals surface area contributed by atoms with Gasteiger partial charge in [0, 0.05) is 162 Å². The van der Waals surface area contributed by atoms with E-state index in [9.17, 15) is 86.3 Å². The van der Waals surface area contributed by atoms with Gasteiger partial charge in [0.25, 0.3) is 0 Å². The molecule has 0 aliphatic carbocycles. The van der Waals surface area contributed by atoms with Crippen LogP contribution in [0, 0.1) is 0 Å². The fraction of sp³-hybridized carbons (Fsp3) is 0.727. The molecule has 0 fully saturated rings. The van der Waals surface area contributed by atoms with Crippen molar-refractivity contribution >= 4 is 179 Å². The van der Waals surface area contributed by atoms with E-state index in [1.54, 1.807) is 193 Å². The lowest BCUT2D eigenvalue weighted by molar-refractivity contribution is -0.140. The number of ether oxygens (including phenoxy) is 2. The molecule has 0 aromatic carbocycles. The maximum absolute atomic E-state index is 11.1. The molecular formula is C88H174N16O20S6. The van der Waals surface area contributed by atoms with Crippen LogP contribution in [0.2, 0.25) is 0 Å². The summed E-state index contributed by atoms with van der Waals surface area (Å²) in [5.41, 5.74) is 0. The van der Waals surface area contributed by atoms with Crippen LogP contribution in [-0.4, -0.2) is 345 Å². The highest BCUT2D eigenvalue weighted by atomic mass is 32.2. The summed E-state index contributed by atoms with van der Waals surface area (Å²) in [5.74, 6) is 7.46. The lowest BCUT2D eigenvalue weighted by Gasteiger charge is -2.16. The Balaban J connectivity index is -0.000000118. The van der Waals surface area contributed by atoms with Gasteiger partial charge in [0.15, 0.2) is 0 Å². The van der Waals surface area contributed by atoms with Crippen LogP contribution in [0.4, 0.5) is 0 Å². The minimum Gasteiger partial charge on any atom is -0.465 e. The third-order valence-electron chi connectivity index (χ3n) is 16.8. The summed E-state index contributed by atoms with van der Waals surface area (Å²) in [7, 11) is 19.4. The zero-order valence-corrected chi connectivity index (χ0v) is 89.2. The molecule has 36 nitrogen and oxygen atoms in total. The predicted molar refractivity (Wildman–Crippen MR) is 546 cm³/mol. The highest BCUT2D eigenvalue weighted by Gasteiger charge is 2.17. The standard InChI is InChI=1S/2C10H20N2O2S.3C10H20N2O2.C9H17NO3S.3C5H11NOS.2C5H9NO.C4H6O2/c1-8(13)10(11-3)7-15-6-5-12(4)9(2)14;1-8(13)10(11-3)7-15-6-4-5-12-9(2)14;3*1-8(13)10(11-3)6-4-5-7-12-9(2)14;1-7(11)9(10-3)6-14-5-4-13-8(2)12;3*1-4(7)5(3-8)6-2;1-4-6(3)5(2)7;1-3-4-6-5(2)7;1-3-6-4(2)5/h10-11H,5-7H2,1-4H3;10-11H,4-7H2,1-3H3,(H,12,14);3*10-11H,4-7H2,1-3H3,(H,12,14);9-10H,4-6H2,1-3H3;3*5-6,8H,3H2,1-2H3;4H,1H2,2-3H3;3H,1,4H2,2H3,(H,6,7);3H,1H2,2H3. The van der Waals surface area contributed by atoms with Gasteiger partial charge in [-0.1, -0.05) is 19.2 Å². The summed E-state index contributed by atoms with van der Waals surface area (Å²) in [6.45, 7) is 41.9. The van der Waals surface area contributed by atoms with Gasteiger partial charge in [0.1, 0.15) is 58.7 Å².